The molecule has 0 heterocycles. The number of carbonyl (C=O) groups is 1. The van der Waals surface area contributed by atoms with Crippen molar-refractivity contribution < 1.29 is 24.0 Å². The fourth-order valence-electron chi connectivity index (χ4n) is 1.34. The highest BCUT2D eigenvalue weighted by atomic mass is 17.2. The molecule has 6 heteroatoms. The molecule has 1 aromatic carbocycles. The first-order valence-electron chi connectivity index (χ1n) is 5.56. The molecule has 0 aliphatic rings. The smallest absolute Gasteiger partial charge is 0.354 e. The van der Waals surface area contributed by atoms with E-state index in [2.05, 4.69) is 14.9 Å². The molecule has 0 aliphatic heterocycles. The number of carbonyl (C=O) groups excluding carboxylic acids is 1. The lowest BCUT2D eigenvalue weighted by Crippen LogP contribution is -2.14. The van der Waals surface area contributed by atoms with E-state index in [0.717, 1.165) is 0 Å². The van der Waals surface area contributed by atoms with Gasteiger partial charge in [0.05, 0.1) is 21.3 Å². The number of rotatable bonds is 7. The number of methoxy groups -OCH3 is 2. The van der Waals surface area contributed by atoms with Gasteiger partial charge in [0.25, 0.3) is 0 Å². The Bertz CT molecular complexity index is 444. The Labute approximate surface area is 111 Å². The van der Waals surface area contributed by atoms with E-state index >= 15 is 0 Å². The highest BCUT2D eigenvalue weighted by molar-refractivity contribution is 5.91. The average Bonchev–Trinajstić information content (AvgIpc) is 2.45. The highest BCUT2D eigenvalue weighted by Crippen LogP contribution is 2.18. The van der Waals surface area contributed by atoms with Gasteiger partial charge in [-0.25, -0.2) is 14.6 Å². The number of anilines is 1. The maximum absolute atomic E-state index is 11.6. The molecular formula is C13H17NO5. The number of nitrogens with one attached hydrogen (secondary N) is 1. The van der Waals surface area contributed by atoms with Crippen LogP contribution in [0.15, 0.2) is 36.0 Å². The van der Waals surface area contributed by atoms with Crippen LogP contribution in [0.1, 0.15) is 0 Å². The second kappa shape index (κ2) is 8.12. The molecule has 0 saturated heterocycles. The van der Waals surface area contributed by atoms with Gasteiger partial charge >= 0.3 is 5.97 Å². The standard InChI is InChI=1S/C13H17NO5/c1-16-11-6-4-5-10(9-11)14-12(13(15)17-2)7-8-19-18-3/h4-7,9,14H,8H2,1-3H3/b12-7-. The Morgan fingerprint density at radius 2 is 2.11 bits per heavy atom. The summed E-state index contributed by atoms with van der Waals surface area (Å²) < 4.78 is 9.78. The van der Waals surface area contributed by atoms with E-state index in [-0.39, 0.29) is 12.3 Å². The largest absolute Gasteiger partial charge is 0.497 e. The lowest BCUT2D eigenvalue weighted by molar-refractivity contribution is -0.263. The molecule has 0 atom stereocenters. The normalized spacial score (nSPS) is 11.0. The van der Waals surface area contributed by atoms with Gasteiger partial charge in [0.2, 0.25) is 0 Å². The number of hydrogen-bond donors (Lipinski definition) is 1. The molecule has 0 amide bonds. The Morgan fingerprint density at radius 1 is 1.32 bits per heavy atom. The van der Waals surface area contributed by atoms with Crippen molar-refractivity contribution in [1.29, 1.82) is 0 Å². The topological polar surface area (TPSA) is 66.0 Å². The van der Waals surface area contributed by atoms with E-state index in [1.807, 2.05) is 6.07 Å². The van der Waals surface area contributed by atoms with Gasteiger partial charge in [-0.2, -0.15) is 0 Å². The molecule has 19 heavy (non-hydrogen) atoms. The van der Waals surface area contributed by atoms with Crippen molar-refractivity contribution in [2.75, 3.05) is 33.3 Å². The second-order valence-corrected chi connectivity index (χ2v) is 3.42. The summed E-state index contributed by atoms with van der Waals surface area (Å²) in [6.45, 7) is 0.123. The number of ether oxygens (including phenoxy) is 2. The van der Waals surface area contributed by atoms with E-state index in [1.165, 1.54) is 20.3 Å². The van der Waals surface area contributed by atoms with E-state index in [4.69, 9.17) is 9.62 Å². The van der Waals surface area contributed by atoms with Gasteiger partial charge in [0.1, 0.15) is 18.1 Å². The van der Waals surface area contributed by atoms with Crippen molar-refractivity contribution >= 4 is 11.7 Å². The van der Waals surface area contributed by atoms with Gasteiger partial charge in [0, 0.05) is 11.8 Å². The van der Waals surface area contributed by atoms with Crippen LogP contribution < -0.4 is 10.1 Å². The zero-order valence-electron chi connectivity index (χ0n) is 11.1. The van der Waals surface area contributed by atoms with Gasteiger partial charge in [-0.1, -0.05) is 6.07 Å². The van der Waals surface area contributed by atoms with Gasteiger partial charge in [-0.05, 0) is 18.2 Å². The van der Waals surface area contributed by atoms with Gasteiger partial charge < -0.3 is 14.8 Å². The summed E-state index contributed by atoms with van der Waals surface area (Å²) in [6, 6.07) is 7.17. The Balaban J connectivity index is 2.81. The van der Waals surface area contributed by atoms with Crippen LogP contribution >= 0.6 is 0 Å². The molecule has 0 fully saturated rings. The minimum Gasteiger partial charge on any atom is -0.497 e. The lowest BCUT2D eigenvalue weighted by Gasteiger charge is -2.10. The molecule has 6 nitrogen and oxygen atoms in total. The van der Waals surface area contributed by atoms with Gasteiger partial charge in [-0.3, -0.25) is 0 Å². The molecule has 0 bridgehead atoms. The molecule has 0 spiro atoms. The van der Waals surface area contributed by atoms with Gasteiger partial charge in [0.15, 0.2) is 0 Å². The first-order valence-corrected chi connectivity index (χ1v) is 5.56. The van der Waals surface area contributed by atoms with Crippen LogP contribution in [0, 0.1) is 0 Å². The first kappa shape index (κ1) is 15.0. The SMILES string of the molecule is COOC/C=C(\Nc1cccc(OC)c1)C(=O)OC. The van der Waals surface area contributed by atoms with Crippen LogP contribution in [0.4, 0.5) is 5.69 Å². The Morgan fingerprint density at radius 3 is 2.74 bits per heavy atom. The predicted octanol–water partition coefficient (Wildman–Crippen LogP) is 1.74. The predicted molar refractivity (Wildman–Crippen MR) is 69.7 cm³/mol. The van der Waals surface area contributed by atoms with Crippen molar-refractivity contribution in [2.24, 2.45) is 0 Å². The van der Waals surface area contributed by atoms with E-state index in [9.17, 15) is 4.79 Å². The molecule has 0 unspecified atom stereocenters. The third kappa shape index (κ3) is 4.99. The van der Waals surface area contributed by atoms with E-state index < -0.39 is 5.97 Å². The molecule has 1 rings (SSSR count). The highest BCUT2D eigenvalue weighted by Gasteiger charge is 2.10. The van der Waals surface area contributed by atoms with Crippen molar-refractivity contribution in [1.82, 2.24) is 0 Å². The summed E-state index contributed by atoms with van der Waals surface area (Å²) in [5.41, 5.74) is 0.959. The molecule has 0 radical (unpaired) electrons. The van der Waals surface area contributed by atoms with Crippen molar-refractivity contribution in [3.05, 3.63) is 36.0 Å². The molecule has 104 valence electrons. The third-order valence-corrected chi connectivity index (χ3v) is 2.23. The molecule has 0 aromatic heterocycles. The summed E-state index contributed by atoms with van der Waals surface area (Å²) in [4.78, 5) is 20.7. The molecule has 0 saturated carbocycles. The van der Waals surface area contributed by atoms with E-state index in [1.54, 1.807) is 25.3 Å². The number of esters is 1. The first-order chi connectivity index (χ1) is 9.21. The molecular weight excluding hydrogens is 250 g/mol. The van der Waals surface area contributed by atoms with Crippen LogP contribution in [-0.4, -0.2) is 33.9 Å². The Kier molecular flexibility index (Phi) is 6.42. The average molecular weight is 267 g/mol. The fraction of sp³-hybridized carbons (Fsp3) is 0.308. The van der Waals surface area contributed by atoms with Crippen molar-refractivity contribution in [3.63, 3.8) is 0 Å². The summed E-state index contributed by atoms with van der Waals surface area (Å²) >= 11 is 0. The third-order valence-electron chi connectivity index (χ3n) is 2.23. The van der Waals surface area contributed by atoms with Crippen molar-refractivity contribution in [2.45, 2.75) is 0 Å². The van der Waals surface area contributed by atoms with Crippen LogP contribution in [0.2, 0.25) is 0 Å². The maximum atomic E-state index is 11.6. The number of hydrogen-bond acceptors (Lipinski definition) is 6. The van der Waals surface area contributed by atoms with Crippen LogP contribution in [0.5, 0.6) is 5.75 Å². The molecule has 0 aliphatic carbocycles. The summed E-state index contributed by atoms with van der Waals surface area (Å²) in [6.07, 6.45) is 1.52. The minimum absolute atomic E-state index is 0.123. The summed E-state index contributed by atoms with van der Waals surface area (Å²) in [5.74, 6) is 0.185. The monoisotopic (exact) mass is 267 g/mol. The molecule has 1 aromatic rings. The van der Waals surface area contributed by atoms with Crippen molar-refractivity contribution in [3.8, 4) is 5.75 Å². The zero-order chi connectivity index (χ0) is 14.1. The summed E-state index contributed by atoms with van der Waals surface area (Å²) in [7, 11) is 4.27. The lowest BCUT2D eigenvalue weighted by atomic mass is 10.3. The van der Waals surface area contributed by atoms with Crippen LogP contribution in [-0.2, 0) is 19.3 Å². The van der Waals surface area contributed by atoms with Crippen LogP contribution in [0.25, 0.3) is 0 Å². The maximum Gasteiger partial charge on any atom is 0.354 e. The van der Waals surface area contributed by atoms with E-state index in [0.29, 0.717) is 11.4 Å². The minimum atomic E-state index is -0.498. The number of benzene rings is 1. The quantitative estimate of drug-likeness (QED) is 0.267. The zero-order valence-corrected chi connectivity index (χ0v) is 11.1. The van der Waals surface area contributed by atoms with Crippen LogP contribution in [0.3, 0.4) is 0 Å². The fourth-order valence-corrected chi connectivity index (χ4v) is 1.34. The van der Waals surface area contributed by atoms with Gasteiger partial charge in [-0.15, -0.1) is 0 Å². The second-order valence-electron chi connectivity index (χ2n) is 3.42. The summed E-state index contributed by atoms with van der Waals surface area (Å²) in [5, 5.41) is 2.93. The Hall–Kier alpha value is -2.05. The molecule has 1 N–H and O–H groups in total.